The van der Waals surface area contributed by atoms with Gasteiger partial charge < -0.3 is 15.6 Å². The Balaban J connectivity index is 1.56. The zero-order valence-corrected chi connectivity index (χ0v) is 14.7. The van der Waals surface area contributed by atoms with E-state index in [0.29, 0.717) is 27.4 Å². The summed E-state index contributed by atoms with van der Waals surface area (Å²) >= 11 is 1.19. The van der Waals surface area contributed by atoms with Crippen molar-refractivity contribution >= 4 is 49.6 Å². The summed E-state index contributed by atoms with van der Waals surface area (Å²) in [6.07, 6.45) is 3.94. The van der Waals surface area contributed by atoms with Gasteiger partial charge in [-0.1, -0.05) is 0 Å². The molecule has 0 aliphatic carbocycles. The van der Waals surface area contributed by atoms with E-state index in [2.05, 4.69) is 15.6 Å². The monoisotopic (exact) mass is 377 g/mol. The maximum absolute atomic E-state index is 12.4. The number of carbonyl (C=O) groups excluding carboxylic acids is 2. The minimum Gasteiger partial charge on any atom is -0.362 e. The number of thiophene rings is 1. The number of sulfone groups is 1. The highest BCUT2D eigenvalue weighted by Gasteiger charge is 2.32. The van der Waals surface area contributed by atoms with Crippen LogP contribution in [0.2, 0.25) is 0 Å². The second-order valence-electron chi connectivity index (χ2n) is 6.06. The van der Waals surface area contributed by atoms with Crippen molar-refractivity contribution in [3.8, 4) is 0 Å². The van der Waals surface area contributed by atoms with Crippen molar-refractivity contribution in [3.05, 3.63) is 40.5 Å². The van der Waals surface area contributed by atoms with Gasteiger partial charge >= 0.3 is 0 Å². The molecule has 0 radical (unpaired) electrons. The number of anilines is 1. The standard InChI is InChI=1S/C16H15N3O4S2/c20-14-11(6-9-2-1-4-17-9)12-7-13(24-16(12)19-14)15(21)18-10-3-5-25(22,23)8-10/h1-2,4,6-7,10,17H,3,5,8H2,(H,18,21)(H,19,20)/b11-6-. The Labute approximate surface area is 148 Å². The third-order valence-electron chi connectivity index (χ3n) is 4.21. The molecule has 0 bridgehead atoms. The Morgan fingerprint density at radius 1 is 1.40 bits per heavy atom. The Hall–Kier alpha value is -2.39. The zero-order chi connectivity index (χ0) is 17.6. The van der Waals surface area contributed by atoms with Gasteiger partial charge in [0.1, 0.15) is 5.00 Å². The second kappa shape index (κ2) is 5.85. The normalized spacial score (nSPS) is 22.8. The van der Waals surface area contributed by atoms with Gasteiger partial charge in [0.25, 0.3) is 11.8 Å². The Morgan fingerprint density at radius 3 is 2.92 bits per heavy atom. The van der Waals surface area contributed by atoms with Crippen LogP contribution in [-0.4, -0.2) is 42.8 Å². The topological polar surface area (TPSA) is 108 Å². The largest absolute Gasteiger partial charge is 0.362 e. The van der Waals surface area contributed by atoms with Crippen molar-refractivity contribution in [1.82, 2.24) is 10.3 Å². The van der Waals surface area contributed by atoms with E-state index in [9.17, 15) is 18.0 Å². The number of nitrogens with one attached hydrogen (secondary N) is 3. The maximum Gasteiger partial charge on any atom is 0.261 e. The molecule has 2 aromatic rings. The molecule has 7 nitrogen and oxygen atoms in total. The number of aromatic amines is 1. The Bertz CT molecular complexity index is 987. The molecule has 1 atom stereocenters. The minimum absolute atomic E-state index is 0.0153. The number of hydrogen-bond donors (Lipinski definition) is 3. The molecule has 9 heteroatoms. The van der Waals surface area contributed by atoms with Crippen molar-refractivity contribution in [2.45, 2.75) is 12.5 Å². The molecule has 0 spiro atoms. The summed E-state index contributed by atoms with van der Waals surface area (Å²) in [5.74, 6) is -0.420. The average Bonchev–Trinajstić information content (AvgIpc) is 3.28. The fourth-order valence-electron chi connectivity index (χ4n) is 2.99. The highest BCUT2D eigenvalue weighted by Crippen LogP contribution is 2.39. The van der Waals surface area contributed by atoms with Gasteiger partial charge in [0.05, 0.1) is 22.0 Å². The van der Waals surface area contributed by atoms with Crippen LogP contribution in [0.25, 0.3) is 11.6 Å². The minimum atomic E-state index is -3.05. The van der Waals surface area contributed by atoms with Crippen LogP contribution >= 0.6 is 11.3 Å². The fraction of sp³-hybridized carbons (Fsp3) is 0.250. The fourth-order valence-corrected chi connectivity index (χ4v) is 5.63. The first-order valence-corrected chi connectivity index (χ1v) is 10.4. The SMILES string of the molecule is O=C1Nc2sc(C(=O)NC3CCS(=O)(=O)C3)cc2/C1=C/c1ccc[nH]1. The lowest BCUT2D eigenvalue weighted by atomic mass is 10.1. The number of rotatable bonds is 3. The summed E-state index contributed by atoms with van der Waals surface area (Å²) in [4.78, 5) is 27.9. The summed E-state index contributed by atoms with van der Waals surface area (Å²) in [5.41, 5.74) is 1.98. The van der Waals surface area contributed by atoms with Gasteiger partial charge in [-0.3, -0.25) is 9.59 Å². The molecule has 0 aromatic carbocycles. The molecule has 1 fully saturated rings. The van der Waals surface area contributed by atoms with Gasteiger partial charge in [0, 0.05) is 23.5 Å². The average molecular weight is 377 g/mol. The number of fused-ring (bicyclic) bond motifs is 1. The van der Waals surface area contributed by atoms with Crippen LogP contribution in [0.4, 0.5) is 5.00 Å². The number of H-pyrrole nitrogens is 1. The number of amides is 2. The molecule has 1 saturated heterocycles. The van der Waals surface area contributed by atoms with Crippen LogP contribution in [0.1, 0.15) is 27.3 Å². The smallest absolute Gasteiger partial charge is 0.261 e. The lowest BCUT2D eigenvalue weighted by molar-refractivity contribution is -0.110. The molecule has 2 aromatic heterocycles. The molecule has 25 heavy (non-hydrogen) atoms. The van der Waals surface area contributed by atoms with Crippen LogP contribution in [0.15, 0.2) is 24.4 Å². The number of hydrogen-bond acceptors (Lipinski definition) is 5. The van der Waals surface area contributed by atoms with E-state index in [0.717, 1.165) is 5.69 Å². The molecular formula is C16H15N3O4S2. The molecule has 0 saturated carbocycles. The van der Waals surface area contributed by atoms with E-state index in [1.54, 1.807) is 18.3 Å². The third kappa shape index (κ3) is 3.12. The molecule has 4 heterocycles. The van der Waals surface area contributed by atoms with Gasteiger partial charge in [-0.25, -0.2) is 8.42 Å². The van der Waals surface area contributed by atoms with Crippen LogP contribution in [0.3, 0.4) is 0 Å². The lowest BCUT2D eigenvalue weighted by Crippen LogP contribution is -2.35. The van der Waals surface area contributed by atoms with E-state index in [-0.39, 0.29) is 29.4 Å². The number of carbonyl (C=O) groups is 2. The highest BCUT2D eigenvalue weighted by atomic mass is 32.2. The van der Waals surface area contributed by atoms with Crippen LogP contribution in [0.5, 0.6) is 0 Å². The van der Waals surface area contributed by atoms with Crippen molar-refractivity contribution < 1.29 is 18.0 Å². The zero-order valence-electron chi connectivity index (χ0n) is 13.0. The quantitative estimate of drug-likeness (QED) is 0.704. The van der Waals surface area contributed by atoms with E-state index in [1.807, 2.05) is 12.1 Å². The molecular weight excluding hydrogens is 362 g/mol. The third-order valence-corrected chi connectivity index (χ3v) is 7.02. The summed E-state index contributed by atoms with van der Waals surface area (Å²) in [6, 6.07) is 5.00. The van der Waals surface area contributed by atoms with Gasteiger partial charge in [0.15, 0.2) is 9.84 Å². The summed E-state index contributed by atoms with van der Waals surface area (Å²) < 4.78 is 23.0. The lowest BCUT2D eigenvalue weighted by Gasteiger charge is -2.09. The summed E-state index contributed by atoms with van der Waals surface area (Å²) in [7, 11) is -3.05. The van der Waals surface area contributed by atoms with Crippen LogP contribution in [-0.2, 0) is 14.6 Å². The number of aromatic nitrogens is 1. The van der Waals surface area contributed by atoms with Gasteiger partial charge in [-0.2, -0.15) is 0 Å². The van der Waals surface area contributed by atoms with Gasteiger partial charge in [0.2, 0.25) is 0 Å². The molecule has 130 valence electrons. The molecule has 2 amide bonds. The van der Waals surface area contributed by atoms with Gasteiger partial charge in [-0.05, 0) is 30.7 Å². The maximum atomic E-state index is 12.4. The first-order valence-electron chi connectivity index (χ1n) is 7.73. The molecule has 1 unspecified atom stereocenters. The van der Waals surface area contributed by atoms with Gasteiger partial charge in [-0.15, -0.1) is 11.3 Å². The Kier molecular flexibility index (Phi) is 3.77. The van der Waals surface area contributed by atoms with E-state index >= 15 is 0 Å². The summed E-state index contributed by atoms with van der Waals surface area (Å²) in [5, 5.41) is 6.16. The molecule has 2 aliphatic heterocycles. The van der Waals surface area contributed by atoms with Crippen molar-refractivity contribution in [2.75, 3.05) is 16.8 Å². The summed E-state index contributed by atoms with van der Waals surface area (Å²) in [6.45, 7) is 0. The van der Waals surface area contributed by atoms with Crippen LogP contribution in [0, 0.1) is 0 Å². The van der Waals surface area contributed by atoms with Crippen molar-refractivity contribution in [1.29, 1.82) is 0 Å². The van der Waals surface area contributed by atoms with Crippen molar-refractivity contribution in [2.24, 2.45) is 0 Å². The molecule has 2 aliphatic rings. The molecule has 3 N–H and O–H groups in total. The predicted molar refractivity (Wildman–Crippen MR) is 96.1 cm³/mol. The van der Waals surface area contributed by atoms with E-state index < -0.39 is 9.84 Å². The van der Waals surface area contributed by atoms with E-state index in [4.69, 9.17) is 0 Å². The van der Waals surface area contributed by atoms with Crippen molar-refractivity contribution in [3.63, 3.8) is 0 Å². The first kappa shape index (κ1) is 16.1. The molecule has 4 rings (SSSR count). The van der Waals surface area contributed by atoms with Crippen LogP contribution < -0.4 is 10.6 Å². The first-order chi connectivity index (χ1) is 11.9. The predicted octanol–water partition coefficient (Wildman–Crippen LogP) is 1.49. The Morgan fingerprint density at radius 2 is 2.24 bits per heavy atom. The van der Waals surface area contributed by atoms with E-state index in [1.165, 1.54) is 11.3 Å². The second-order valence-corrected chi connectivity index (χ2v) is 9.35. The highest BCUT2D eigenvalue weighted by molar-refractivity contribution is 7.91.